The largest absolute Gasteiger partial charge is 0.480 e. The Morgan fingerprint density at radius 1 is 1.61 bits per heavy atom. The van der Waals surface area contributed by atoms with Gasteiger partial charge in [0, 0.05) is 11.2 Å². The number of aldehydes is 1. The number of carboxylic acids is 1. The van der Waals surface area contributed by atoms with E-state index in [1.807, 2.05) is 0 Å². The van der Waals surface area contributed by atoms with E-state index in [4.69, 9.17) is 5.73 Å². The Morgan fingerprint density at radius 2 is 2.22 bits per heavy atom. The molecule has 3 N–H and O–H groups in total. The summed E-state index contributed by atoms with van der Waals surface area (Å²) in [5.74, 6) is -1.37. The number of nitrogens with zero attached hydrogens (tertiary/aromatic N) is 1. The van der Waals surface area contributed by atoms with Gasteiger partial charge >= 0.3 is 5.97 Å². The Labute approximate surface area is 109 Å². The number of aliphatic carboxylic acids is 1. The average molecular weight is 272 g/mol. The molecular weight excluding hydrogens is 256 g/mol. The minimum Gasteiger partial charge on any atom is -0.480 e. The standard InChI is InChI=1S/C11H16N2O4S/c1-10(2)6(7(15)16)13-8(17)11(12,4-3-5-14)9(13)18-10/h5-6,9H,3-4,12H2,1-2H3,(H,15,16)/t6-,9+,11-/m0/s1. The summed E-state index contributed by atoms with van der Waals surface area (Å²) >= 11 is 1.40. The number of β-lactam (4-membered cyclic amide) rings is 1. The molecule has 3 atom stereocenters. The number of carbonyl (C=O) groups excluding carboxylic acids is 2. The number of fused-ring (bicyclic) bond motifs is 1. The molecule has 0 unspecified atom stereocenters. The van der Waals surface area contributed by atoms with Crippen molar-refractivity contribution in [3.63, 3.8) is 0 Å². The summed E-state index contributed by atoms with van der Waals surface area (Å²) in [4.78, 5) is 35.1. The van der Waals surface area contributed by atoms with Crippen molar-refractivity contribution in [2.75, 3.05) is 0 Å². The molecule has 2 fully saturated rings. The van der Waals surface area contributed by atoms with Gasteiger partial charge in [0.05, 0.1) is 0 Å². The van der Waals surface area contributed by atoms with Crippen LogP contribution in [-0.4, -0.2) is 49.9 Å². The second kappa shape index (κ2) is 3.96. The molecule has 2 aliphatic rings. The van der Waals surface area contributed by atoms with Crippen LogP contribution in [0.2, 0.25) is 0 Å². The van der Waals surface area contributed by atoms with Crippen LogP contribution < -0.4 is 5.73 Å². The Kier molecular flexibility index (Phi) is 2.94. The van der Waals surface area contributed by atoms with Crippen molar-refractivity contribution in [2.24, 2.45) is 5.73 Å². The van der Waals surface area contributed by atoms with Crippen LogP contribution in [0.25, 0.3) is 0 Å². The first kappa shape index (κ1) is 13.4. The number of amides is 1. The maximum absolute atomic E-state index is 12.1. The maximum atomic E-state index is 12.1. The number of hydrogen-bond acceptors (Lipinski definition) is 5. The predicted octanol–water partition coefficient (Wildman–Crippen LogP) is -0.190. The lowest BCUT2D eigenvalue weighted by molar-refractivity contribution is -0.166. The molecule has 0 aliphatic carbocycles. The van der Waals surface area contributed by atoms with Crippen LogP contribution in [0.5, 0.6) is 0 Å². The fourth-order valence-corrected chi connectivity index (χ4v) is 4.36. The summed E-state index contributed by atoms with van der Waals surface area (Å²) in [6.45, 7) is 3.59. The monoisotopic (exact) mass is 272 g/mol. The van der Waals surface area contributed by atoms with E-state index < -0.39 is 22.3 Å². The second-order valence-electron chi connectivity index (χ2n) is 5.27. The lowest BCUT2D eigenvalue weighted by Gasteiger charge is -2.50. The quantitative estimate of drug-likeness (QED) is 0.543. The van der Waals surface area contributed by atoms with Crippen LogP contribution in [0.1, 0.15) is 26.7 Å². The Balaban J connectivity index is 2.26. The van der Waals surface area contributed by atoms with E-state index in [9.17, 15) is 19.5 Å². The van der Waals surface area contributed by atoms with Crippen molar-refractivity contribution < 1.29 is 19.5 Å². The minimum atomic E-state index is -1.09. The molecule has 1 amide bonds. The zero-order valence-electron chi connectivity index (χ0n) is 10.3. The van der Waals surface area contributed by atoms with Gasteiger partial charge in [-0.1, -0.05) is 0 Å². The Hall–Kier alpha value is -1.08. The molecule has 18 heavy (non-hydrogen) atoms. The van der Waals surface area contributed by atoms with E-state index >= 15 is 0 Å². The van der Waals surface area contributed by atoms with E-state index in [1.165, 1.54) is 16.7 Å². The molecule has 0 spiro atoms. The third kappa shape index (κ3) is 1.57. The highest BCUT2D eigenvalue weighted by atomic mass is 32.2. The smallest absolute Gasteiger partial charge is 0.327 e. The van der Waals surface area contributed by atoms with E-state index in [-0.39, 0.29) is 24.1 Å². The summed E-state index contributed by atoms with van der Waals surface area (Å²) in [5.41, 5.74) is 4.95. The van der Waals surface area contributed by atoms with Gasteiger partial charge in [0.25, 0.3) is 0 Å². The van der Waals surface area contributed by atoms with Gasteiger partial charge in [-0.2, -0.15) is 0 Å². The third-order valence-corrected chi connectivity index (χ3v) is 5.29. The van der Waals surface area contributed by atoms with Crippen LogP contribution in [0, 0.1) is 0 Å². The van der Waals surface area contributed by atoms with Gasteiger partial charge < -0.3 is 20.5 Å². The van der Waals surface area contributed by atoms with Crippen LogP contribution in [0.4, 0.5) is 0 Å². The predicted molar refractivity (Wildman–Crippen MR) is 65.9 cm³/mol. The summed E-state index contributed by atoms with van der Waals surface area (Å²) in [5, 5.41) is 8.88. The fourth-order valence-electron chi connectivity index (χ4n) is 2.68. The normalized spacial score (nSPS) is 37.1. The SMILES string of the molecule is CC1(C)S[C@H]2N(C(=O)[C@@]2(N)CCC=O)[C@H]1C(=O)O. The van der Waals surface area contributed by atoms with Gasteiger partial charge in [-0.15, -0.1) is 11.8 Å². The first-order chi connectivity index (χ1) is 8.25. The highest BCUT2D eigenvalue weighted by molar-refractivity contribution is 8.01. The van der Waals surface area contributed by atoms with E-state index in [0.717, 1.165) is 6.29 Å². The molecule has 7 heteroatoms. The minimum absolute atomic E-state index is 0.214. The number of thioether (sulfide) groups is 1. The molecule has 0 saturated carbocycles. The topological polar surface area (TPSA) is 101 Å². The fraction of sp³-hybridized carbons (Fsp3) is 0.727. The van der Waals surface area contributed by atoms with Gasteiger partial charge in [-0.25, -0.2) is 4.79 Å². The summed E-state index contributed by atoms with van der Waals surface area (Å²) in [6, 6.07) is -0.854. The number of nitrogens with two attached hydrogens (primary N) is 1. The van der Waals surface area contributed by atoms with Crippen LogP contribution in [0.3, 0.4) is 0 Å². The van der Waals surface area contributed by atoms with E-state index in [1.54, 1.807) is 13.8 Å². The third-order valence-electron chi connectivity index (χ3n) is 3.59. The highest BCUT2D eigenvalue weighted by Crippen LogP contribution is 2.54. The first-order valence-corrected chi connectivity index (χ1v) is 6.59. The van der Waals surface area contributed by atoms with Crippen molar-refractivity contribution >= 4 is 29.9 Å². The van der Waals surface area contributed by atoms with Crippen molar-refractivity contribution in [1.29, 1.82) is 0 Å². The molecule has 0 aromatic heterocycles. The van der Waals surface area contributed by atoms with E-state index in [2.05, 4.69) is 0 Å². The molecule has 0 aromatic rings. The number of rotatable bonds is 4. The number of carboxylic acid groups (broad SMARTS) is 1. The van der Waals surface area contributed by atoms with E-state index in [0.29, 0.717) is 0 Å². The van der Waals surface area contributed by atoms with Crippen LogP contribution >= 0.6 is 11.8 Å². The summed E-state index contributed by atoms with van der Waals surface area (Å²) in [7, 11) is 0. The van der Waals surface area contributed by atoms with Gasteiger partial charge in [-0.3, -0.25) is 4.79 Å². The molecule has 0 radical (unpaired) electrons. The molecular formula is C11H16N2O4S. The zero-order valence-corrected chi connectivity index (χ0v) is 11.1. The second-order valence-corrected chi connectivity index (χ2v) is 7.01. The van der Waals surface area contributed by atoms with Gasteiger partial charge in [0.2, 0.25) is 5.91 Å². The average Bonchev–Trinajstić information content (AvgIpc) is 2.55. The molecule has 2 saturated heterocycles. The number of hydrogen-bond donors (Lipinski definition) is 2. The Bertz CT molecular complexity index is 425. The zero-order chi connectivity index (χ0) is 13.7. The lowest BCUT2D eigenvalue weighted by atomic mass is 9.82. The van der Waals surface area contributed by atoms with Crippen molar-refractivity contribution in [3.8, 4) is 0 Å². The molecule has 100 valence electrons. The molecule has 0 aromatic carbocycles. The number of carbonyl (C=O) groups is 3. The van der Waals surface area contributed by atoms with Crippen LogP contribution in [0.15, 0.2) is 0 Å². The van der Waals surface area contributed by atoms with Crippen molar-refractivity contribution in [1.82, 2.24) is 4.90 Å². The van der Waals surface area contributed by atoms with Crippen LogP contribution in [-0.2, 0) is 14.4 Å². The highest BCUT2D eigenvalue weighted by Gasteiger charge is 2.69. The summed E-state index contributed by atoms with van der Waals surface area (Å²) in [6.07, 6.45) is 1.21. The van der Waals surface area contributed by atoms with Crippen molar-refractivity contribution in [2.45, 2.75) is 48.4 Å². The maximum Gasteiger partial charge on any atom is 0.327 e. The van der Waals surface area contributed by atoms with Gasteiger partial charge in [0.15, 0.2) is 0 Å². The van der Waals surface area contributed by atoms with Gasteiger partial charge in [-0.05, 0) is 20.3 Å². The molecule has 2 aliphatic heterocycles. The molecule has 2 heterocycles. The summed E-state index contributed by atoms with van der Waals surface area (Å²) < 4.78 is -0.575. The first-order valence-electron chi connectivity index (χ1n) is 5.71. The molecule has 6 nitrogen and oxygen atoms in total. The Morgan fingerprint density at radius 3 is 2.72 bits per heavy atom. The van der Waals surface area contributed by atoms with Gasteiger partial charge in [0.1, 0.15) is 23.2 Å². The van der Waals surface area contributed by atoms with Crippen molar-refractivity contribution in [3.05, 3.63) is 0 Å². The molecule has 0 bridgehead atoms. The lowest BCUT2D eigenvalue weighted by Crippen LogP contribution is -2.77. The molecule has 2 rings (SSSR count).